The Hall–Kier alpha value is -3.09. The Bertz CT molecular complexity index is 778. The quantitative estimate of drug-likeness (QED) is 0.870. The highest BCUT2D eigenvalue weighted by Crippen LogP contribution is 2.34. The maximum Gasteiger partial charge on any atom is 0.319 e. The maximum absolute atomic E-state index is 12.2. The number of benzene rings is 2. The third-order valence-corrected chi connectivity index (χ3v) is 3.89. The van der Waals surface area contributed by atoms with Gasteiger partial charge in [-0.05, 0) is 36.8 Å². The molecule has 1 aliphatic heterocycles. The third kappa shape index (κ3) is 3.71. The molecule has 132 valence electrons. The Morgan fingerprint density at radius 2 is 1.80 bits per heavy atom. The van der Waals surface area contributed by atoms with Gasteiger partial charge in [0.25, 0.3) is 0 Å². The molecular weight excluding hydrogens is 324 g/mol. The van der Waals surface area contributed by atoms with Gasteiger partial charge in [0.1, 0.15) is 0 Å². The van der Waals surface area contributed by atoms with Crippen LogP contribution in [0.2, 0.25) is 0 Å². The molecule has 0 bridgehead atoms. The first-order chi connectivity index (χ1) is 12.1. The predicted octanol–water partition coefficient (Wildman–Crippen LogP) is 3.32. The zero-order chi connectivity index (χ0) is 17.8. The number of carbonyl (C=O) groups is 1. The third-order valence-electron chi connectivity index (χ3n) is 3.89. The average molecular weight is 344 g/mol. The average Bonchev–Trinajstić information content (AvgIpc) is 3.09. The van der Waals surface area contributed by atoms with Crippen molar-refractivity contribution < 1.29 is 23.7 Å². The lowest BCUT2D eigenvalue weighted by molar-refractivity contribution is 0.174. The van der Waals surface area contributed by atoms with Crippen molar-refractivity contribution in [3.8, 4) is 23.0 Å². The van der Waals surface area contributed by atoms with Crippen LogP contribution in [0.4, 0.5) is 10.5 Å². The Balaban J connectivity index is 1.64. The van der Waals surface area contributed by atoms with Crippen molar-refractivity contribution in [2.75, 3.05) is 26.3 Å². The monoisotopic (exact) mass is 344 g/mol. The van der Waals surface area contributed by atoms with Crippen LogP contribution in [0.1, 0.15) is 18.5 Å². The molecule has 0 unspecified atom stereocenters. The molecule has 3 rings (SSSR count). The topological polar surface area (TPSA) is 78.1 Å². The van der Waals surface area contributed by atoms with Crippen molar-refractivity contribution in [3.63, 3.8) is 0 Å². The van der Waals surface area contributed by atoms with E-state index in [4.69, 9.17) is 18.9 Å². The molecule has 0 radical (unpaired) electrons. The molecule has 0 aromatic heterocycles. The molecule has 2 aromatic rings. The molecule has 1 heterocycles. The normalized spacial score (nSPS) is 13.1. The van der Waals surface area contributed by atoms with Gasteiger partial charge in [-0.1, -0.05) is 6.07 Å². The van der Waals surface area contributed by atoms with Gasteiger partial charge in [0.05, 0.1) is 20.3 Å². The van der Waals surface area contributed by atoms with Crippen molar-refractivity contribution in [1.29, 1.82) is 0 Å². The second-order valence-electron chi connectivity index (χ2n) is 5.50. The summed E-state index contributed by atoms with van der Waals surface area (Å²) in [6.07, 6.45) is 0. The van der Waals surface area contributed by atoms with E-state index in [9.17, 15) is 4.79 Å². The standard InChI is InChI=1S/C18H20N2O5/c1-11(12-4-6-15-17(8-12)25-10-24-15)19-18(21)20-13-5-7-14(22-2)16(9-13)23-3/h4-9,11H,10H2,1-3H3,(H2,19,20,21)/t11-/m1/s1. The Morgan fingerprint density at radius 1 is 1.04 bits per heavy atom. The minimum Gasteiger partial charge on any atom is -0.493 e. The van der Waals surface area contributed by atoms with E-state index in [2.05, 4.69) is 10.6 Å². The Morgan fingerprint density at radius 3 is 2.56 bits per heavy atom. The lowest BCUT2D eigenvalue weighted by Gasteiger charge is -2.16. The van der Waals surface area contributed by atoms with Crippen molar-refractivity contribution in [3.05, 3.63) is 42.0 Å². The van der Waals surface area contributed by atoms with Crippen molar-refractivity contribution >= 4 is 11.7 Å². The van der Waals surface area contributed by atoms with Crippen molar-refractivity contribution in [2.45, 2.75) is 13.0 Å². The molecule has 2 N–H and O–H groups in total. The molecule has 1 aliphatic rings. The molecule has 1 atom stereocenters. The van der Waals surface area contributed by atoms with Crippen LogP contribution in [-0.2, 0) is 0 Å². The molecule has 0 aliphatic carbocycles. The highest BCUT2D eigenvalue weighted by Gasteiger charge is 2.17. The first kappa shape index (κ1) is 16.8. The van der Waals surface area contributed by atoms with Crippen LogP contribution < -0.4 is 29.6 Å². The summed E-state index contributed by atoms with van der Waals surface area (Å²) >= 11 is 0. The number of urea groups is 1. The van der Waals surface area contributed by atoms with E-state index in [0.717, 1.165) is 5.56 Å². The minimum atomic E-state index is -0.322. The number of anilines is 1. The highest BCUT2D eigenvalue weighted by molar-refractivity contribution is 5.90. The second kappa shape index (κ2) is 7.21. The molecule has 0 saturated carbocycles. The summed E-state index contributed by atoms with van der Waals surface area (Å²) in [7, 11) is 3.11. The van der Waals surface area contributed by atoms with Gasteiger partial charge in [0.15, 0.2) is 23.0 Å². The molecule has 0 fully saturated rings. The Kier molecular flexibility index (Phi) is 4.83. The number of nitrogens with one attached hydrogen (secondary N) is 2. The number of amides is 2. The van der Waals surface area contributed by atoms with E-state index >= 15 is 0 Å². The second-order valence-corrected chi connectivity index (χ2v) is 5.50. The molecule has 7 heteroatoms. The summed E-state index contributed by atoms with van der Waals surface area (Å²) in [4.78, 5) is 12.2. The first-order valence-corrected chi connectivity index (χ1v) is 7.80. The smallest absolute Gasteiger partial charge is 0.319 e. The number of methoxy groups -OCH3 is 2. The summed E-state index contributed by atoms with van der Waals surface area (Å²) in [5, 5.41) is 5.66. The summed E-state index contributed by atoms with van der Waals surface area (Å²) in [5.74, 6) is 2.54. The molecule has 2 aromatic carbocycles. The van der Waals surface area contributed by atoms with Gasteiger partial charge in [-0.15, -0.1) is 0 Å². The summed E-state index contributed by atoms with van der Waals surface area (Å²) in [6, 6.07) is 10.2. The van der Waals surface area contributed by atoms with Gasteiger partial charge in [-0.2, -0.15) is 0 Å². The lowest BCUT2D eigenvalue weighted by atomic mass is 10.1. The largest absolute Gasteiger partial charge is 0.493 e. The van der Waals surface area contributed by atoms with Crippen LogP contribution in [0.25, 0.3) is 0 Å². The van der Waals surface area contributed by atoms with E-state index < -0.39 is 0 Å². The van der Waals surface area contributed by atoms with Crippen LogP contribution in [0.5, 0.6) is 23.0 Å². The number of hydrogen-bond donors (Lipinski definition) is 2. The van der Waals surface area contributed by atoms with Crippen LogP contribution >= 0.6 is 0 Å². The molecule has 2 amide bonds. The van der Waals surface area contributed by atoms with E-state index in [1.165, 1.54) is 0 Å². The summed E-state index contributed by atoms with van der Waals surface area (Å²) in [6.45, 7) is 2.12. The van der Waals surface area contributed by atoms with Gasteiger partial charge >= 0.3 is 6.03 Å². The van der Waals surface area contributed by atoms with E-state index in [0.29, 0.717) is 28.7 Å². The highest BCUT2D eigenvalue weighted by atomic mass is 16.7. The number of hydrogen-bond acceptors (Lipinski definition) is 5. The van der Waals surface area contributed by atoms with E-state index in [1.807, 2.05) is 25.1 Å². The van der Waals surface area contributed by atoms with Crippen LogP contribution in [0, 0.1) is 0 Å². The van der Waals surface area contributed by atoms with Crippen LogP contribution in [0.15, 0.2) is 36.4 Å². The predicted molar refractivity (Wildman–Crippen MR) is 92.7 cm³/mol. The fraction of sp³-hybridized carbons (Fsp3) is 0.278. The van der Waals surface area contributed by atoms with Crippen LogP contribution in [0.3, 0.4) is 0 Å². The zero-order valence-electron chi connectivity index (χ0n) is 14.3. The van der Waals surface area contributed by atoms with Gasteiger partial charge in [-0.25, -0.2) is 4.79 Å². The van der Waals surface area contributed by atoms with Crippen molar-refractivity contribution in [1.82, 2.24) is 5.32 Å². The van der Waals surface area contributed by atoms with E-state index in [-0.39, 0.29) is 18.9 Å². The fourth-order valence-corrected chi connectivity index (χ4v) is 2.54. The summed E-state index contributed by atoms with van der Waals surface area (Å²) in [5.41, 5.74) is 1.53. The minimum absolute atomic E-state index is 0.199. The molecule has 0 saturated heterocycles. The zero-order valence-corrected chi connectivity index (χ0v) is 14.3. The number of carbonyl (C=O) groups excluding carboxylic acids is 1. The van der Waals surface area contributed by atoms with Gasteiger partial charge in [0.2, 0.25) is 6.79 Å². The number of fused-ring (bicyclic) bond motifs is 1. The number of ether oxygens (including phenoxy) is 4. The SMILES string of the molecule is COc1ccc(NC(=O)N[C@H](C)c2ccc3c(c2)OCO3)cc1OC. The van der Waals surface area contributed by atoms with Gasteiger partial charge < -0.3 is 29.6 Å². The Labute approximate surface area is 145 Å². The fourth-order valence-electron chi connectivity index (χ4n) is 2.54. The van der Waals surface area contributed by atoms with Crippen molar-refractivity contribution in [2.24, 2.45) is 0 Å². The van der Waals surface area contributed by atoms with Gasteiger partial charge in [-0.3, -0.25) is 0 Å². The molecular formula is C18H20N2O5. The molecule has 25 heavy (non-hydrogen) atoms. The molecule has 7 nitrogen and oxygen atoms in total. The maximum atomic E-state index is 12.2. The lowest BCUT2D eigenvalue weighted by Crippen LogP contribution is -2.31. The molecule has 0 spiro atoms. The first-order valence-electron chi connectivity index (χ1n) is 7.80. The summed E-state index contributed by atoms with van der Waals surface area (Å²) < 4.78 is 21.1. The number of rotatable bonds is 5. The van der Waals surface area contributed by atoms with Gasteiger partial charge in [0, 0.05) is 11.8 Å². The van der Waals surface area contributed by atoms with Crippen LogP contribution in [-0.4, -0.2) is 27.0 Å². The van der Waals surface area contributed by atoms with E-state index in [1.54, 1.807) is 32.4 Å².